The van der Waals surface area contributed by atoms with Gasteiger partial charge in [-0.25, -0.2) is 9.67 Å². The van der Waals surface area contributed by atoms with Crippen LogP contribution in [0, 0.1) is 6.92 Å². The number of fused-ring (bicyclic) bond motifs is 1. The molecule has 27 heavy (non-hydrogen) atoms. The van der Waals surface area contributed by atoms with Crippen molar-refractivity contribution in [3.63, 3.8) is 0 Å². The number of hydrogen-bond donors (Lipinski definition) is 2. The maximum Gasteiger partial charge on any atom is 0.271 e. The Hall–Kier alpha value is -4.08. The molecule has 0 radical (unpaired) electrons. The van der Waals surface area contributed by atoms with Crippen LogP contribution < -0.4 is 10.9 Å². The molecule has 4 aromatic rings. The first-order chi connectivity index (χ1) is 13.1. The number of para-hydroxylation sites is 1. The fraction of sp³-hybridized carbons (Fsp3) is 0.0588. The summed E-state index contributed by atoms with van der Waals surface area (Å²) in [6.45, 7) is 1.75. The van der Waals surface area contributed by atoms with Gasteiger partial charge in [0, 0.05) is 6.20 Å². The van der Waals surface area contributed by atoms with Gasteiger partial charge in [-0.3, -0.25) is 20.4 Å². The smallest absolute Gasteiger partial charge is 0.271 e. The molecular formula is C17H13N7O3. The highest BCUT2D eigenvalue weighted by Gasteiger charge is 2.15. The van der Waals surface area contributed by atoms with Gasteiger partial charge in [-0.05, 0) is 25.1 Å². The largest absolute Gasteiger partial charge is 0.336 e. The van der Waals surface area contributed by atoms with Crippen LogP contribution in [0.3, 0.4) is 0 Å². The highest BCUT2D eigenvalue weighted by atomic mass is 16.5. The average molecular weight is 363 g/mol. The van der Waals surface area contributed by atoms with Crippen molar-refractivity contribution in [3.8, 4) is 5.69 Å². The SMILES string of the molecule is Cc1noc2ncc(C(=O)NNC(=O)c3ccccc3-n3ccnn3)cc12. The van der Waals surface area contributed by atoms with Crippen LogP contribution >= 0.6 is 0 Å². The fourth-order valence-corrected chi connectivity index (χ4v) is 2.52. The maximum absolute atomic E-state index is 12.5. The average Bonchev–Trinajstić information content (AvgIpc) is 3.36. The molecule has 0 aliphatic rings. The van der Waals surface area contributed by atoms with E-state index in [9.17, 15) is 9.59 Å². The van der Waals surface area contributed by atoms with E-state index < -0.39 is 11.8 Å². The number of aryl methyl sites for hydroxylation is 1. The normalized spacial score (nSPS) is 10.7. The van der Waals surface area contributed by atoms with E-state index >= 15 is 0 Å². The third-order valence-electron chi connectivity index (χ3n) is 3.88. The quantitative estimate of drug-likeness (QED) is 0.523. The Bertz CT molecular complexity index is 1130. The molecule has 0 saturated carbocycles. The number of nitrogens with zero attached hydrogens (tertiary/aromatic N) is 5. The lowest BCUT2D eigenvalue weighted by Crippen LogP contribution is -2.42. The molecule has 0 bridgehead atoms. The number of rotatable bonds is 3. The summed E-state index contributed by atoms with van der Waals surface area (Å²) in [5, 5.41) is 12.0. The van der Waals surface area contributed by atoms with Crippen LogP contribution in [0.5, 0.6) is 0 Å². The molecule has 2 N–H and O–H groups in total. The molecule has 10 nitrogen and oxygen atoms in total. The molecule has 134 valence electrons. The first-order valence-electron chi connectivity index (χ1n) is 7.92. The summed E-state index contributed by atoms with van der Waals surface area (Å²) in [5.41, 5.74) is 6.85. The molecule has 0 unspecified atom stereocenters. The van der Waals surface area contributed by atoms with Gasteiger partial charge < -0.3 is 4.52 Å². The number of nitrogens with one attached hydrogen (secondary N) is 2. The standard InChI is InChI=1S/C17H13N7O3/c1-10-13-8-11(9-18-17(13)27-22-10)15(25)20-21-16(26)12-4-2-3-5-14(12)24-7-6-19-23-24/h2-9H,1H3,(H,20,25)(H,21,26). The number of pyridine rings is 1. The summed E-state index contributed by atoms with van der Waals surface area (Å²) in [5.74, 6) is -1.01. The minimum atomic E-state index is -0.517. The van der Waals surface area contributed by atoms with E-state index in [1.165, 1.54) is 17.1 Å². The molecule has 10 heteroatoms. The van der Waals surface area contributed by atoms with Crippen LogP contribution in [0.1, 0.15) is 26.4 Å². The van der Waals surface area contributed by atoms with Gasteiger partial charge in [0.15, 0.2) is 0 Å². The minimum absolute atomic E-state index is 0.263. The van der Waals surface area contributed by atoms with Crippen molar-refractivity contribution in [1.82, 2.24) is 36.0 Å². The third kappa shape index (κ3) is 3.11. The van der Waals surface area contributed by atoms with Gasteiger partial charge in [0.1, 0.15) is 0 Å². The Morgan fingerprint density at radius 3 is 2.78 bits per heavy atom. The molecule has 3 aromatic heterocycles. The second-order valence-corrected chi connectivity index (χ2v) is 5.62. The van der Waals surface area contributed by atoms with E-state index in [1.54, 1.807) is 43.5 Å². The highest BCUT2D eigenvalue weighted by molar-refractivity contribution is 6.01. The van der Waals surface area contributed by atoms with Crippen LogP contribution in [0.2, 0.25) is 0 Å². The molecule has 0 atom stereocenters. The van der Waals surface area contributed by atoms with Crippen molar-refractivity contribution in [3.05, 3.63) is 65.7 Å². The number of aromatic nitrogens is 5. The zero-order chi connectivity index (χ0) is 18.8. The van der Waals surface area contributed by atoms with Crippen molar-refractivity contribution < 1.29 is 14.1 Å². The number of amides is 2. The molecule has 1 aromatic carbocycles. The van der Waals surface area contributed by atoms with Crippen molar-refractivity contribution >= 4 is 22.9 Å². The Labute approximate surface area is 152 Å². The fourth-order valence-electron chi connectivity index (χ4n) is 2.52. The van der Waals surface area contributed by atoms with Crippen LogP contribution in [0.4, 0.5) is 0 Å². The Balaban J connectivity index is 1.51. The Morgan fingerprint density at radius 1 is 1.15 bits per heavy atom. The summed E-state index contributed by atoms with van der Waals surface area (Å²) in [6.07, 6.45) is 4.47. The number of hydrazine groups is 1. The molecule has 4 rings (SSSR count). The molecule has 0 spiro atoms. The van der Waals surface area contributed by atoms with Gasteiger partial charge >= 0.3 is 0 Å². The molecule has 3 heterocycles. The molecular weight excluding hydrogens is 350 g/mol. The first-order valence-corrected chi connectivity index (χ1v) is 7.92. The predicted octanol–water partition coefficient (Wildman–Crippen LogP) is 1.19. The minimum Gasteiger partial charge on any atom is -0.336 e. The number of benzene rings is 1. The van der Waals surface area contributed by atoms with E-state index in [1.807, 2.05) is 0 Å². The molecule has 0 saturated heterocycles. The second kappa shape index (κ2) is 6.67. The Morgan fingerprint density at radius 2 is 1.96 bits per heavy atom. The van der Waals surface area contributed by atoms with Crippen molar-refractivity contribution in [2.45, 2.75) is 6.92 Å². The van der Waals surface area contributed by atoms with Crippen LogP contribution in [-0.2, 0) is 0 Å². The molecule has 2 amide bonds. The summed E-state index contributed by atoms with van der Waals surface area (Å²) in [6, 6.07) is 8.42. The number of hydrogen-bond acceptors (Lipinski definition) is 7. The lowest BCUT2D eigenvalue weighted by Gasteiger charge is -2.10. The maximum atomic E-state index is 12.5. The second-order valence-electron chi connectivity index (χ2n) is 5.62. The van der Waals surface area contributed by atoms with Gasteiger partial charge in [-0.2, -0.15) is 0 Å². The van der Waals surface area contributed by atoms with Crippen molar-refractivity contribution in [1.29, 1.82) is 0 Å². The van der Waals surface area contributed by atoms with Crippen molar-refractivity contribution in [2.24, 2.45) is 0 Å². The summed E-state index contributed by atoms with van der Waals surface area (Å²) < 4.78 is 6.47. The summed E-state index contributed by atoms with van der Waals surface area (Å²) >= 11 is 0. The first kappa shape index (κ1) is 16.4. The topological polar surface area (TPSA) is 128 Å². The van der Waals surface area contributed by atoms with E-state index in [-0.39, 0.29) is 5.56 Å². The van der Waals surface area contributed by atoms with E-state index in [0.717, 1.165) is 0 Å². The van der Waals surface area contributed by atoms with Gasteiger partial charge in [0.05, 0.1) is 40.3 Å². The van der Waals surface area contributed by atoms with Gasteiger partial charge in [0.25, 0.3) is 17.5 Å². The monoisotopic (exact) mass is 363 g/mol. The third-order valence-corrected chi connectivity index (χ3v) is 3.88. The molecule has 0 aliphatic heterocycles. The van der Waals surface area contributed by atoms with E-state index in [4.69, 9.17) is 4.52 Å². The van der Waals surface area contributed by atoms with Gasteiger partial charge in [-0.15, -0.1) is 5.10 Å². The Kier molecular flexibility index (Phi) is 4.05. The summed E-state index contributed by atoms with van der Waals surface area (Å²) in [7, 11) is 0. The lowest BCUT2D eigenvalue weighted by molar-refractivity contribution is 0.0846. The summed E-state index contributed by atoms with van der Waals surface area (Å²) in [4.78, 5) is 28.9. The van der Waals surface area contributed by atoms with E-state index in [0.29, 0.717) is 28.0 Å². The van der Waals surface area contributed by atoms with Crippen LogP contribution in [0.15, 0.2) is 53.4 Å². The van der Waals surface area contributed by atoms with Crippen LogP contribution in [-0.4, -0.2) is 36.9 Å². The van der Waals surface area contributed by atoms with E-state index in [2.05, 4.69) is 31.3 Å². The highest BCUT2D eigenvalue weighted by Crippen LogP contribution is 2.16. The predicted molar refractivity (Wildman–Crippen MR) is 92.8 cm³/mol. The van der Waals surface area contributed by atoms with Gasteiger partial charge in [0.2, 0.25) is 0 Å². The van der Waals surface area contributed by atoms with Crippen molar-refractivity contribution in [2.75, 3.05) is 0 Å². The zero-order valence-electron chi connectivity index (χ0n) is 14.1. The van der Waals surface area contributed by atoms with Crippen LogP contribution in [0.25, 0.3) is 16.8 Å². The molecule has 0 aliphatic carbocycles. The molecule has 0 fully saturated rings. The number of carbonyl (C=O) groups is 2. The van der Waals surface area contributed by atoms with Gasteiger partial charge in [-0.1, -0.05) is 22.5 Å². The number of carbonyl (C=O) groups excluding carboxylic acids is 2. The lowest BCUT2D eigenvalue weighted by atomic mass is 10.1. The zero-order valence-corrected chi connectivity index (χ0v) is 14.1.